The van der Waals surface area contributed by atoms with Crippen LogP contribution in [0.3, 0.4) is 0 Å². The highest BCUT2D eigenvalue weighted by Gasteiger charge is 2.23. The third-order valence-electron chi connectivity index (χ3n) is 2.22. The van der Waals surface area contributed by atoms with Crippen LogP contribution in [0, 0.1) is 6.92 Å². The summed E-state index contributed by atoms with van der Waals surface area (Å²) in [5.74, 6) is -1.91. The van der Waals surface area contributed by atoms with E-state index < -0.39 is 11.9 Å². The van der Waals surface area contributed by atoms with Gasteiger partial charge >= 0.3 is 11.9 Å². The van der Waals surface area contributed by atoms with Gasteiger partial charge in [0.1, 0.15) is 5.69 Å². The Morgan fingerprint density at radius 1 is 1.32 bits per heavy atom. The summed E-state index contributed by atoms with van der Waals surface area (Å²) in [6.45, 7) is 1.77. The SMILES string of the molecule is COC(=O)c1nc(C(=O)O)c(-c2ccc(C)nn2)s1. The summed E-state index contributed by atoms with van der Waals surface area (Å²) in [6.07, 6.45) is 0. The van der Waals surface area contributed by atoms with Gasteiger partial charge in [0, 0.05) is 0 Å². The number of carbonyl (C=O) groups excluding carboxylic acids is 1. The Morgan fingerprint density at radius 2 is 2.05 bits per heavy atom. The number of ether oxygens (including phenoxy) is 1. The lowest BCUT2D eigenvalue weighted by atomic mass is 10.2. The number of nitrogens with zero attached hydrogens (tertiary/aromatic N) is 3. The fourth-order valence-electron chi connectivity index (χ4n) is 1.33. The molecule has 8 heteroatoms. The fraction of sp³-hybridized carbons (Fsp3) is 0.182. The monoisotopic (exact) mass is 279 g/mol. The topological polar surface area (TPSA) is 102 Å². The number of thiazole rings is 1. The molecule has 0 fully saturated rings. The van der Waals surface area contributed by atoms with Gasteiger partial charge in [-0.15, -0.1) is 16.4 Å². The maximum Gasteiger partial charge on any atom is 0.367 e. The van der Waals surface area contributed by atoms with Crippen LogP contribution in [0.15, 0.2) is 12.1 Å². The van der Waals surface area contributed by atoms with Crippen LogP contribution in [0.2, 0.25) is 0 Å². The Balaban J connectivity index is 2.54. The van der Waals surface area contributed by atoms with Gasteiger partial charge in [-0.05, 0) is 19.1 Å². The van der Waals surface area contributed by atoms with Crippen molar-refractivity contribution < 1.29 is 19.4 Å². The molecule has 19 heavy (non-hydrogen) atoms. The normalized spacial score (nSPS) is 10.2. The van der Waals surface area contributed by atoms with Crippen LogP contribution < -0.4 is 0 Å². The molecular formula is C11H9N3O4S. The first-order valence-corrected chi connectivity index (χ1v) is 5.97. The highest BCUT2D eigenvalue weighted by atomic mass is 32.1. The first-order chi connectivity index (χ1) is 9.02. The van der Waals surface area contributed by atoms with Crippen LogP contribution in [-0.2, 0) is 4.74 Å². The summed E-state index contributed by atoms with van der Waals surface area (Å²) < 4.78 is 4.52. The molecule has 0 spiro atoms. The molecule has 0 bridgehead atoms. The second kappa shape index (κ2) is 5.11. The number of carboxylic acid groups (broad SMARTS) is 1. The summed E-state index contributed by atoms with van der Waals surface area (Å²) >= 11 is 0.910. The molecule has 2 aromatic heterocycles. The highest BCUT2D eigenvalue weighted by molar-refractivity contribution is 7.17. The third-order valence-corrected chi connectivity index (χ3v) is 3.28. The average molecular weight is 279 g/mol. The average Bonchev–Trinajstić information content (AvgIpc) is 2.84. The largest absolute Gasteiger partial charge is 0.476 e. The quantitative estimate of drug-likeness (QED) is 0.847. The molecule has 0 saturated carbocycles. The molecule has 0 aliphatic rings. The molecule has 0 unspecified atom stereocenters. The number of aryl methyl sites for hydroxylation is 1. The highest BCUT2D eigenvalue weighted by Crippen LogP contribution is 2.29. The lowest BCUT2D eigenvalue weighted by Crippen LogP contribution is -2.03. The van der Waals surface area contributed by atoms with Gasteiger partial charge in [0.25, 0.3) is 0 Å². The maximum atomic E-state index is 11.4. The predicted molar refractivity (Wildman–Crippen MR) is 66.2 cm³/mol. The molecule has 0 aromatic carbocycles. The van der Waals surface area contributed by atoms with Crippen LogP contribution in [0.4, 0.5) is 0 Å². The number of carbonyl (C=O) groups is 2. The van der Waals surface area contributed by atoms with Gasteiger partial charge in [0.2, 0.25) is 5.01 Å². The Bertz CT molecular complexity index is 636. The van der Waals surface area contributed by atoms with E-state index >= 15 is 0 Å². The Hall–Kier alpha value is -2.35. The molecule has 0 radical (unpaired) electrons. The maximum absolute atomic E-state index is 11.4. The van der Waals surface area contributed by atoms with Crippen molar-refractivity contribution in [2.75, 3.05) is 7.11 Å². The van der Waals surface area contributed by atoms with Gasteiger partial charge in [0.15, 0.2) is 5.69 Å². The molecule has 2 heterocycles. The van der Waals surface area contributed by atoms with Crippen molar-refractivity contribution in [3.63, 3.8) is 0 Å². The van der Waals surface area contributed by atoms with Crippen molar-refractivity contribution >= 4 is 23.3 Å². The van der Waals surface area contributed by atoms with E-state index in [-0.39, 0.29) is 15.6 Å². The lowest BCUT2D eigenvalue weighted by Gasteiger charge is -1.97. The molecule has 1 N–H and O–H groups in total. The van der Waals surface area contributed by atoms with E-state index in [1.54, 1.807) is 19.1 Å². The second-order valence-electron chi connectivity index (χ2n) is 3.55. The van der Waals surface area contributed by atoms with Crippen LogP contribution in [0.1, 0.15) is 26.0 Å². The predicted octanol–water partition coefficient (Wildman–Crippen LogP) is 1.39. The minimum absolute atomic E-state index is 0.0303. The zero-order valence-electron chi connectivity index (χ0n) is 10.1. The van der Waals surface area contributed by atoms with Crippen LogP contribution >= 0.6 is 11.3 Å². The molecule has 0 saturated heterocycles. The van der Waals surface area contributed by atoms with E-state index in [4.69, 9.17) is 5.11 Å². The number of hydrogen-bond donors (Lipinski definition) is 1. The number of methoxy groups -OCH3 is 1. The zero-order chi connectivity index (χ0) is 14.0. The standard InChI is InChI=1S/C11H9N3O4S/c1-5-3-4-6(14-13-5)8-7(10(15)16)12-9(19-8)11(17)18-2/h3-4H,1-2H3,(H,15,16). The minimum atomic E-state index is -1.23. The number of aromatic carboxylic acids is 1. The number of esters is 1. The van der Waals surface area contributed by atoms with Gasteiger partial charge in [-0.1, -0.05) is 0 Å². The fourth-order valence-corrected chi connectivity index (χ4v) is 2.27. The van der Waals surface area contributed by atoms with E-state index in [1.807, 2.05) is 0 Å². The summed E-state index contributed by atoms with van der Waals surface area (Å²) in [6, 6.07) is 3.33. The van der Waals surface area contributed by atoms with Crippen molar-refractivity contribution in [2.24, 2.45) is 0 Å². The molecule has 0 amide bonds. The van der Waals surface area contributed by atoms with Crippen molar-refractivity contribution in [1.82, 2.24) is 15.2 Å². The zero-order valence-corrected chi connectivity index (χ0v) is 10.9. The Kier molecular flexibility index (Phi) is 3.52. The summed E-state index contributed by atoms with van der Waals surface area (Å²) in [5.41, 5.74) is 0.831. The number of carboxylic acids is 1. The molecule has 2 aromatic rings. The first kappa shape index (κ1) is 13.1. The summed E-state index contributed by atoms with van der Waals surface area (Å²) in [4.78, 5) is 26.5. The number of aromatic nitrogens is 3. The van der Waals surface area contributed by atoms with Gasteiger partial charge in [-0.2, -0.15) is 5.10 Å². The van der Waals surface area contributed by atoms with Gasteiger partial charge in [-0.25, -0.2) is 14.6 Å². The van der Waals surface area contributed by atoms with Gasteiger partial charge in [0.05, 0.1) is 17.7 Å². The van der Waals surface area contributed by atoms with Crippen LogP contribution in [0.5, 0.6) is 0 Å². The number of rotatable bonds is 3. The van der Waals surface area contributed by atoms with Gasteiger partial charge < -0.3 is 9.84 Å². The van der Waals surface area contributed by atoms with E-state index in [9.17, 15) is 9.59 Å². The van der Waals surface area contributed by atoms with Crippen molar-refractivity contribution in [1.29, 1.82) is 0 Å². The van der Waals surface area contributed by atoms with E-state index in [1.165, 1.54) is 7.11 Å². The van der Waals surface area contributed by atoms with Crippen LogP contribution in [-0.4, -0.2) is 39.3 Å². The van der Waals surface area contributed by atoms with E-state index in [0.717, 1.165) is 11.3 Å². The van der Waals surface area contributed by atoms with E-state index in [0.29, 0.717) is 11.4 Å². The molecule has 2 rings (SSSR count). The lowest BCUT2D eigenvalue weighted by molar-refractivity contribution is 0.0600. The Morgan fingerprint density at radius 3 is 2.58 bits per heavy atom. The second-order valence-corrected chi connectivity index (χ2v) is 4.55. The molecule has 0 aliphatic heterocycles. The number of hydrogen-bond acceptors (Lipinski definition) is 7. The van der Waals surface area contributed by atoms with Crippen molar-refractivity contribution in [3.8, 4) is 10.6 Å². The first-order valence-electron chi connectivity index (χ1n) is 5.16. The van der Waals surface area contributed by atoms with E-state index in [2.05, 4.69) is 19.9 Å². The Labute approximate surface area is 111 Å². The molecule has 0 aliphatic carbocycles. The molecule has 0 atom stereocenters. The van der Waals surface area contributed by atoms with Crippen molar-refractivity contribution in [2.45, 2.75) is 6.92 Å². The third kappa shape index (κ3) is 2.58. The van der Waals surface area contributed by atoms with Crippen molar-refractivity contribution in [3.05, 3.63) is 28.5 Å². The van der Waals surface area contributed by atoms with Crippen LogP contribution in [0.25, 0.3) is 10.6 Å². The van der Waals surface area contributed by atoms with Gasteiger partial charge in [-0.3, -0.25) is 0 Å². The summed E-state index contributed by atoms with van der Waals surface area (Å²) in [5, 5.41) is 16.8. The molecule has 7 nitrogen and oxygen atoms in total. The molecular weight excluding hydrogens is 270 g/mol. The minimum Gasteiger partial charge on any atom is -0.476 e. The summed E-state index contributed by atoms with van der Waals surface area (Å²) in [7, 11) is 1.20. The smallest absolute Gasteiger partial charge is 0.367 e. The molecule has 98 valence electrons.